The molecule has 3 nitrogen and oxygen atoms in total. The summed E-state index contributed by atoms with van der Waals surface area (Å²) in [6.45, 7) is 9.96. The molecule has 1 aliphatic rings. The van der Waals surface area contributed by atoms with Gasteiger partial charge in [0.2, 0.25) is 0 Å². The minimum Gasteiger partial charge on any atom is -0.496 e. The molecule has 0 unspecified atom stereocenters. The summed E-state index contributed by atoms with van der Waals surface area (Å²) in [5.74, 6) is 0.848. The Bertz CT molecular complexity index is 882. The molecule has 0 bridgehead atoms. The molecule has 27 heavy (non-hydrogen) atoms. The number of rotatable bonds is 5. The lowest BCUT2D eigenvalue weighted by atomic mass is 9.87. The Morgan fingerprint density at radius 2 is 1.89 bits per heavy atom. The minimum absolute atomic E-state index is 0.00879. The molecular formula is C23H27BrN2O. The van der Waals surface area contributed by atoms with Gasteiger partial charge in [0.1, 0.15) is 5.75 Å². The average molecular weight is 427 g/mol. The molecule has 0 atom stereocenters. The smallest absolute Gasteiger partial charge is 0.129 e. The highest BCUT2D eigenvalue weighted by Gasteiger charge is 2.31. The van der Waals surface area contributed by atoms with E-state index < -0.39 is 0 Å². The molecule has 0 amide bonds. The van der Waals surface area contributed by atoms with Gasteiger partial charge in [-0.1, -0.05) is 28.9 Å². The summed E-state index contributed by atoms with van der Waals surface area (Å²) >= 11 is 3.46. The van der Waals surface area contributed by atoms with Crippen LogP contribution >= 0.6 is 15.9 Å². The van der Waals surface area contributed by atoms with E-state index in [4.69, 9.17) is 4.74 Å². The van der Waals surface area contributed by atoms with Crippen molar-refractivity contribution in [3.05, 3.63) is 58.1 Å². The van der Waals surface area contributed by atoms with E-state index in [2.05, 4.69) is 71.7 Å². The number of aliphatic imine (C=N–C) groups is 1. The van der Waals surface area contributed by atoms with E-state index in [1.807, 2.05) is 30.5 Å². The molecule has 0 aromatic heterocycles. The van der Waals surface area contributed by atoms with Crippen LogP contribution in [0.4, 0.5) is 11.4 Å². The normalized spacial score (nSPS) is 15.6. The lowest BCUT2D eigenvalue weighted by Crippen LogP contribution is -2.45. The second-order valence-corrected chi connectivity index (χ2v) is 8.39. The van der Waals surface area contributed by atoms with Crippen LogP contribution in [-0.2, 0) is 0 Å². The number of halogens is 1. The van der Waals surface area contributed by atoms with Crippen LogP contribution in [0.1, 0.15) is 45.2 Å². The topological polar surface area (TPSA) is 24.8 Å². The highest BCUT2D eigenvalue weighted by atomic mass is 79.9. The Morgan fingerprint density at radius 3 is 2.52 bits per heavy atom. The molecule has 0 radical (unpaired) electrons. The van der Waals surface area contributed by atoms with Crippen LogP contribution in [0, 0.1) is 0 Å². The van der Waals surface area contributed by atoms with Crippen LogP contribution in [0.3, 0.4) is 0 Å². The molecule has 4 heteroatoms. The predicted octanol–water partition coefficient (Wildman–Crippen LogP) is 6.62. The predicted molar refractivity (Wildman–Crippen MR) is 120 cm³/mol. The summed E-state index contributed by atoms with van der Waals surface area (Å²) in [6, 6.07) is 12.3. The number of anilines is 1. The third-order valence-corrected chi connectivity index (χ3v) is 5.48. The second kappa shape index (κ2) is 7.89. The number of hydrogen-bond acceptors (Lipinski definition) is 3. The first-order valence-electron chi connectivity index (χ1n) is 9.35. The first kappa shape index (κ1) is 19.7. The Hall–Kier alpha value is -2.07. The fraction of sp³-hybridized carbons (Fsp3) is 0.348. The number of ether oxygens (including phenoxy) is 1. The molecular weight excluding hydrogens is 400 g/mol. The molecule has 0 aliphatic carbocycles. The highest BCUT2D eigenvalue weighted by Crippen LogP contribution is 2.42. The van der Waals surface area contributed by atoms with Crippen molar-refractivity contribution in [1.82, 2.24) is 0 Å². The number of fused-ring (bicyclic) bond motifs is 1. The van der Waals surface area contributed by atoms with Gasteiger partial charge in [-0.05, 0) is 63.1 Å². The van der Waals surface area contributed by atoms with Crippen molar-refractivity contribution in [2.24, 2.45) is 4.99 Å². The molecule has 2 aromatic carbocycles. The number of nitrogens with zero attached hydrogens (tertiary/aromatic N) is 2. The monoisotopic (exact) mass is 426 g/mol. The van der Waals surface area contributed by atoms with Crippen molar-refractivity contribution in [2.45, 2.75) is 39.7 Å². The van der Waals surface area contributed by atoms with Crippen LogP contribution in [0.2, 0.25) is 0 Å². The first-order chi connectivity index (χ1) is 12.9. The van der Waals surface area contributed by atoms with Crippen LogP contribution in [0.5, 0.6) is 5.75 Å². The second-order valence-electron chi connectivity index (χ2n) is 7.48. The van der Waals surface area contributed by atoms with Crippen molar-refractivity contribution in [3.8, 4) is 5.75 Å². The van der Waals surface area contributed by atoms with Crippen molar-refractivity contribution in [2.75, 3.05) is 18.6 Å². The average Bonchev–Trinajstić information content (AvgIpc) is 2.63. The Kier molecular flexibility index (Phi) is 5.75. The van der Waals surface area contributed by atoms with E-state index in [9.17, 15) is 0 Å². The summed E-state index contributed by atoms with van der Waals surface area (Å²) in [7, 11) is 1.72. The van der Waals surface area contributed by atoms with Crippen LogP contribution in [0.25, 0.3) is 5.57 Å². The highest BCUT2D eigenvalue weighted by molar-refractivity contribution is 9.10. The number of allylic oxidation sites excluding steroid dienone is 1. The number of benzene rings is 2. The summed E-state index contributed by atoms with van der Waals surface area (Å²) in [5.41, 5.74) is 5.68. The van der Waals surface area contributed by atoms with E-state index >= 15 is 0 Å². The van der Waals surface area contributed by atoms with Crippen LogP contribution in [-0.4, -0.2) is 25.4 Å². The number of hydrogen-bond donors (Lipinski definition) is 0. The van der Waals surface area contributed by atoms with Crippen molar-refractivity contribution in [1.29, 1.82) is 0 Å². The zero-order chi connectivity index (χ0) is 19.6. The van der Waals surface area contributed by atoms with Gasteiger partial charge in [0.15, 0.2) is 0 Å². The molecule has 0 saturated heterocycles. The molecule has 0 saturated carbocycles. The maximum absolute atomic E-state index is 5.70. The standard InChI is InChI=1S/C23H27BrN2O/c1-6-11-26-21-13-22(27-5)17(12-20(21)16(2)14-23(26,3)4)15-25-19-9-7-18(24)8-10-19/h7-10,12-15H,6,11H2,1-5H3. The molecule has 142 valence electrons. The molecule has 0 N–H and O–H groups in total. The van der Waals surface area contributed by atoms with Gasteiger partial charge in [-0.2, -0.15) is 0 Å². The van der Waals surface area contributed by atoms with E-state index in [1.54, 1.807) is 7.11 Å². The van der Waals surface area contributed by atoms with Gasteiger partial charge in [0.05, 0.1) is 18.3 Å². The first-order valence-corrected chi connectivity index (χ1v) is 10.1. The van der Waals surface area contributed by atoms with E-state index in [1.165, 1.54) is 16.8 Å². The van der Waals surface area contributed by atoms with Crippen molar-refractivity contribution < 1.29 is 4.74 Å². The lowest BCUT2D eigenvalue weighted by Gasteiger charge is -2.43. The van der Waals surface area contributed by atoms with Crippen molar-refractivity contribution in [3.63, 3.8) is 0 Å². The fourth-order valence-electron chi connectivity index (χ4n) is 3.70. The Balaban J connectivity index is 2.05. The van der Waals surface area contributed by atoms with E-state index in [0.29, 0.717) is 0 Å². The summed E-state index contributed by atoms with van der Waals surface area (Å²) in [4.78, 5) is 7.09. The van der Waals surface area contributed by atoms with Crippen LogP contribution in [0.15, 0.2) is 51.9 Å². The van der Waals surface area contributed by atoms with Gasteiger partial charge >= 0.3 is 0 Å². The van der Waals surface area contributed by atoms with Gasteiger partial charge in [0.25, 0.3) is 0 Å². The zero-order valence-corrected chi connectivity index (χ0v) is 18.3. The largest absolute Gasteiger partial charge is 0.496 e. The molecule has 3 rings (SSSR count). The molecule has 1 aliphatic heterocycles. The third-order valence-electron chi connectivity index (χ3n) is 4.96. The molecule has 1 heterocycles. The summed E-state index contributed by atoms with van der Waals surface area (Å²) in [5, 5.41) is 0. The maximum atomic E-state index is 5.70. The van der Waals surface area contributed by atoms with Gasteiger partial charge in [-0.15, -0.1) is 0 Å². The van der Waals surface area contributed by atoms with Crippen LogP contribution < -0.4 is 9.64 Å². The van der Waals surface area contributed by atoms with Gasteiger partial charge in [0, 0.05) is 40.1 Å². The Morgan fingerprint density at radius 1 is 1.19 bits per heavy atom. The lowest BCUT2D eigenvalue weighted by molar-refractivity contribution is 0.413. The third kappa shape index (κ3) is 4.11. The van der Waals surface area contributed by atoms with Crippen molar-refractivity contribution >= 4 is 39.1 Å². The fourth-order valence-corrected chi connectivity index (χ4v) is 3.97. The van der Waals surface area contributed by atoms with E-state index in [-0.39, 0.29) is 5.54 Å². The SMILES string of the molecule is CCCN1c2cc(OC)c(C=Nc3ccc(Br)cc3)cc2C(C)=CC1(C)C. The Labute approximate surface area is 170 Å². The maximum Gasteiger partial charge on any atom is 0.129 e. The zero-order valence-electron chi connectivity index (χ0n) is 16.7. The number of methoxy groups -OCH3 is 1. The summed E-state index contributed by atoms with van der Waals surface area (Å²) in [6.07, 6.45) is 5.34. The molecule has 0 spiro atoms. The minimum atomic E-state index is -0.00879. The van der Waals surface area contributed by atoms with Gasteiger partial charge in [-0.3, -0.25) is 4.99 Å². The van der Waals surface area contributed by atoms with Gasteiger partial charge < -0.3 is 9.64 Å². The molecule has 2 aromatic rings. The quantitative estimate of drug-likeness (QED) is 0.501. The van der Waals surface area contributed by atoms with Gasteiger partial charge in [-0.25, -0.2) is 0 Å². The van der Waals surface area contributed by atoms with E-state index in [0.717, 1.165) is 34.4 Å². The molecule has 0 fully saturated rings. The summed E-state index contributed by atoms with van der Waals surface area (Å²) < 4.78 is 6.75.